The highest BCUT2D eigenvalue weighted by molar-refractivity contribution is 8.08. The Morgan fingerprint density at radius 2 is 1.56 bits per heavy atom. The molecule has 5 nitrogen and oxygen atoms in total. The van der Waals surface area contributed by atoms with Crippen LogP contribution in [0.3, 0.4) is 0 Å². The zero-order chi connectivity index (χ0) is 18.0. The maximum Gasteiger partial charge on any atom is 0.246 e. The van der Waals surface area contributed by atoms with Crippen LogP contribution in [0.15, 0.2) is 76.8 Å². The number of oxime groups is 1. The molecule has 0 heterocycles. The number of hydrogen-bond acceptors (Lipinski definition) is 5. The molecule has 126 valence electrons. The number of carbonyl (C=O) groups is 1. The Kier molecular flexibility index (Phi) is 4.37. The maximum atomic E-state index is 12.6. The van der Waals surface area contributed by atoms with Crippen molar-refractivity contribution in [2.45, 2.75) is 11.8 Å². The molecule has 3 aromatic carbocycles. The first-order valence-corrected chi connectivity index (χ1v) is 8.99. The topological polar surface area (TPSA) is 83.8 Å². The Balaban J connectivity index is 2.04. The fourth-order valence-corrected chi connectivity index (χ4v) is 3.69. The lowest BCUT2D eigenvalue weighted by Crippen LogP contribution is -2.25. The van der Waals surface area contributed by atoms with Crippen molar-refractivity contribution in [3.63, 3.8) is 0 Å². The summed E-state index contributed by atoms with van der Waals surface area (Å²) < 4.78 is 25.3. The fraction of sp³-hybridized carbons (Fsp3) is 0.0526. The summed E-state index contributed by atoms with van der Waals surface area (Å²) in [6.45, 7) is 1.82. The predicted octanol–water partition coefficient (Wildman–Crippen LogP) is 3.59. The molecule has 1 N–H and O–H groups in total. The van der Waals surface area contributed by atoms with Crippen LogP contribution in [0, 0.1) is 6.92 Å². The van der Waals surface area contributed by atoms with E-state index in [2.05, 4.69) is 5.16 Å². The molecule has 0 aliphatic heterocycles. The first-order valence-electron chi connectivity index (χ1n) is 7.51. The van der Waals surface area contributed by atoms with Crippen LogP contribution in [0.4, 0.5) is 0 Å². The first kappa shape index (κ1) is 16.9. The van der Waals surface area contributed by atoms with Gasteiger partial charge >= 0.3 is 0 Å². The van der Waals surface area contributed by atoms with E-state index >= 15 is 0 Å². The van der Waals surface area contributed by atoms with Gasteiger partial charge < -0.3 is 5.21 Å². The van der Waals surface area contributed by atoms with Crippen LogP contribution in [-0.2, 0) is 9.84 Å². The van der Waals surface area contributed by atoms with Gasteiger partial charge in [-0.3, -0.25) is 4.79 Å². The third kappa shape index (κ3) is 3.16. The molecular weight excluding hydrogens is 338 g/mol. The number of ketones is 1. The summed E-state index contributed by atoms with van der Waals surface area (Å²) in [6.07, 6.45) is 0. The average molecular weight is 353 g/mol. The Morgan fingerprint density at radius 1 is 0.920 bits per heavy atom. The van der Waals surface area contributed by atoms with Crippen LogP contribution in [0.5, 0.6) is 0 Å². The summed E-state index contributed by atoms with van der Waals surface area (Å²) >= 11 is 0. The molecule has 0 saturated carbocycles. The minimum atomic E-state index is -4.22. The largest absolute Gasteiger partial charge is 0.410 e. The average Bonchev–Trinajstić information content (AvgIpc) is 2.62. The number of benzene rings is 3. The standard InChI is InChI=1S/C19H15NO4S/c1-13-6-10-17(11-7-13)25(23,24)19(20-22)18(21)16-9-8-14-4-2-3-5-15(14)12-16/h2-12,22H,1H3/b20-19-. The highest BCUT2D eigenvalue weighted by Crippen LogP contribution is 2.20. The molecule has 0 aliphatic carbocycles. The quantitative estimate of drug-likeness (QED) is 0.256. The van der Waals surface area contributed by atoms with Crippen molar-refractivity contribution >= 4 is 31.4 Å². The van der Waals surface area contributed by atoms with E-state index in [4.69, 9.17) is 0 Å². The van der Waals surface area contributed by atoms with Crippen molar-refractivity contribution in [1.29, 1.82) is 0 Å². The number of nitrogens with zero attached hydrogens (tertiary/aromatic N) is 1. The molecule has 0 aliphatic rings. The molecule has 0 bridgehead atoms. The van der Waals surface area contributed by atoms with E-state index in [9.17, 15) is 18.4 Å². The van der Waals surface area contributed by atoms with Gasteiger partial charge in [0.05, 0.1) is 4.90 Å². The van der Waals surface area contributed by atoms with E-state index in [1.165, 1.54) is 18.2 Å². The van der Waals surface area contributed by atoms with Gasteiger partial charge in [-0.25, -0.2) is 8.42 Å². The van der Waals surface area contributed by atoms with Gasteiger partial charge in [0, 0.05) is 5.56 Å². The normalized spacial score (nSPS) is 12.3. The number of sulfone groups is 1. The molecule has 0 unspecified atom stereocenters. The molecule has 3 aromatic rings. The Labute approximate surface area is 145 Å². The van der Waals surface area contributed by atoms with Crippen LogP contribution in [-0.4, -0.2) is 24.5 Å². The second-order valence-electron chi connectivity index (χ2n) is 5.61. The molecule has 0 saturated heterocycles. The molecule has 0 radical (unpaired) electrons. The second-order valence-corrected chi connectivity index (χ2v) is 7.48. The van der Waals surface area contributed by atoms with E-state index < -0.39 is 20.7 Å². The zero-order valence-corrected chi connectivity index (χ0v) is 14.2. The molecule has 6 heteroatoms. The lowest BCUT2D eigenvalue weighted by molar-refractivity contribution is 0.106. The van der Waals surface area contributed by atoms with Gasteiger partial charge in [-0.05, 0) is 35.9 Å². The SMILES string of the molecule is Cc1ccc(S(=O)(=O)/C(=N\O)C(=O)c2ccc3ccccc3c2)cc1. The maximum absolute atomic E-state index is 12.6. The lowest BCUT2D eigenvalue weighted by Gasteiger charge is -2.07. The van der Waals surface area contributed by atoms with E-state index in [1.54, 1.807) is 24.3 Å². The molecule has 0 aromatic heterocycles. The number of carbonyl (C=O) groups excluding carboxylic acids is 1. The van der Waals surface area contributed by atoms with E-state index in [-0.39, 0.29) is 10.5 Å². The summed E-state index contributed by atoms with van der Waals surface area (Å²) in [4.78, 5) is 12.5. The highest BCUT2D eigenvalue weighted by Gasteiger charge is 2.30. The Morgan fingerprint density at radius 3 is 2.20 bits per heavy atom. The first-order chi connectivity index (χ1) is 11.9. The summed E-state index contributed by atoms with van der Waals surface area (Å²) in [5, 5.41) is 12.8. The summed E-state index contributed by atoms with van der Waals surface area (Å²) in [6, 6.07) is 18.2. The van der Waals surface area contributed by atoms with E-state index in [0.29, 0.717) is 0 Å². The van der Waals surface area contributed by atoms with Crippen molar-refractivity contribution in [3.05, 3.63) is 77.9 Å². The van der Waals surface area contributed by atoms with Crippen LogP contribution >= 0.6 is 0 Å². The van der Waals surface area contributed by atoms with Gasteiger partial charge in [0.1, 0.15) is 0 Å². The van der Waals surface area contributed by atoms with Crippen LogP contribution in [0.2, 0.25) is 0 Å². The number of fused-ring (bicyclic) bond motifs is 1. The summed E-state index contributed by atoms with van der Waals surface area (Å²) in [5.74, 6) is -0.853. The van der Waals surface area contributed by atoms with Gasteiger partial charge in [0.15, 0.2) is 0 Å². The third-order valence-electron chi connectivity index (χ3n) is 3.88. The minimum absolute atomic E-state index is 0.0972. The summed E-state index contributed by atoms with van der Waals surface area (Å²) in [5.41, 5.74) is 1.02. The van der Waals surface area contributed by atoms with Crippen molar-refractivity contribution in [1.82, 2.24) is 0 Å². The van der Waals surface area contributed by atoms with Crippen LogP contribution in [0.25, 0.3) is 10.8 Å². The molecule has 25 heavy (non-hydrogen) atoms. The molecule has 3 rings (SSSR count). The summed E-state index contributed by atoms with van der Waals surface area (Å²) in [7, 11) is -4.22. The van der Waals surface area contributed by atoms with Gasteiger partial charge in [0.25, 0.3) is 0 Å². The number of rotatable bonds is 3. The van der Waals surface area contributed by atoms with Crippen molar-refractivity contribution in [3.8, 4) is 0 Å². The molecule has 0 atom stereocenters. The van der Waals surface area contributed by atoms with Crippen molar-refractivity contribution in [2.24, 2.45) is 5.16 Å². The lowest BCUT2D eigenvalue weighted by atomic mass is 10.0. The predicted molar refractivity (Wildman–Crippen MR) is 95.9 cm³/mol. The van der Waals surface area contributed by atoms with E-state index in [1.807, 2.05) is 31.2 Å². The second kappa shape index (κ2) is 6.49. The highest BCUT2D eigenvalue weighted by atomic mass is 32.2. The zero-order valence-electron chi connectivity index (χ0n) is 13.4. The Hall–Kier alpha value is -2.99. The van der Waals surface area contributed by atoms with Gasteiger partial charge in [-0.1, -0.05) is 59.3 Å². The van der Waals surface area contributed by atoms with Gasteiger partial charge in [-0.15, -0.1) is 0 Å². The molecule has 0 fully saturated rings. The number of hydrogen-bond donors (Lipinski definition) is 1. The van der Waals surface area contributed by atoms with Crippen molar-refractivity contribution in [2.75, 3.05) is 0 Å². The molecular formula is C19H15NO4S. The van der Waals surface area contributed by atoms with Gasteiger partial charge in [-0.2, -0.15) is 0 Å². The number of aryl methyl sites for hydroxylation is 1. The molecule has 0 amide bonds. The third-order valence-corrected chi connectivity index (χ3v) is 5.55. The Bertz CT molecular complexity index is 1080. The monoisotopic (exact) mass is 353 g/mol. The molecule has 0 spiro atoms. The number of Topliss-reactive ketones (excluding diaryl/α,β-unsaturated/α-hetero) is 1. The van der Waals surface area contributed by atoms with Crippen molar-refractivity contribution < 1.29 is 18.4 Å². The van der Waals surface area contributed by atoms with Crippen LogP contribution < -0.4 is 0 Å². The fourth-order valence-electron chi connectivity index (χ4n) is 2.50. The smallest absolute Gasteiger partial charge is 0.246 e. The van der Waals surface area contributed by atoms with Gasteiger partial charge in [0.2, 0.25) is 20.7 Å². The van der Waals surface area contributed by atoms with Crippen LogP contribution in [0.1, 0.15) is 15.9 Å². The minimum Gasteiger partial charge on any atom is -0.410 e. The van der Waals surface area contributed by atoms with E-state index in [0.717, 1.165) is 16.3 Å².